The van der Waals surface area contributed by atoms with Crippen molar-refractivity contribution in [3.63, 3.8) is 0 Å². The fourth-order valence-electron chi connectivity index (χ4n) is 5.88. The van der Waals surface area contributed by atoms with Crippen LogP contribution in [0.3, 0.4) is 0 Å². The van der Waals surface area contributed by atoms with E-state index < -0.39 is 0 Å². The summed E-state index contributed by atoms with van der Waals surface area (Å²) in [5, 5.41) is 7.46. The number of carbonyl (C=O) groups is 1. The summed E-state index contributed by atoms with van der Waals surface area (Å²) in [5.74, 6) is 1.49. The first-order chi connectivity index (χ1) is 14.6. The number of ether oxygens (including phenoxy) is 1. The Labute approximate surface area is 183 Å². The summed E-state index contributed by atoms with van der Waals surface area (Å²) in [5.41, 5.74) is 0.303. The van der Waals surface area contributed by atoms with Gasteiger partial charge in [0.2, 0.25) is 5.91 Å². The van der Waals surface area contributed by atoms with E-state index in [0.717, 1.165) is 64.3 Å². The zero-order chi connectivity index (χ0) is 21.6. The third-order valence-corrected chi connectivity index (χ3v) is 7.80. The molecule has 6 heteroatoms. The van der Waals surface area contributed by atoms with Gasteiger partial charge in [-0.25, -0.2) is 0 Å². The maximum absolute atomic E-state index is 12.7. The summed E-state index contributed by atoms with van der Waals surface area (Å²) >= 11 is 0. The van der Waals surface area contributed by atoms with Gasteiger partial charge in [-0.15, -0.1) is 0 Å². The molecular weight excluding hydrogens is 376 g/mol. The Bertz CT molecular complexity index is 576. The largest absolute Gasteiger partial charge is 0.378 e. The number of likely N-dealkylation sites (tertiary alicyclic amines) is 1. The van der Waals surface area contributed by atoms with Crippen LogP contribution in [0.2, 0.25) is 0 Å². The van der Waals surface area contributed by atoms with E-state index in [1.54, 1.807) is 0 Å². The summed E-state index contributed by atoms with van der Waals surface area (Å²) in [4.78, 5) is 19.5. The van der Waals surface area contributed by atoms with Crippen molar-refractivity contribution in [3.05, 3.63) is 0 Å². The maximum atomic E-state index is 12.7. The van der Waals surface area contributed by atoms with Gasteiger partial charge in [-0.2, -0.15) is 0 Å². The van der Waals surface area contributed by atoms with Gasteiger partial charge in [0.1, 0.15) is 0 Å². The summed E-state index contributed by atoms with van der Waals surface area (Å²) in [6.45, 7) is 11.7. The van der Waals surface area contributed by atoms with E-state index in [0.29, 0.717) is 29.5 Å². The minimum atomic E-state index is 0.188. The lowest BCUT2D eigenvalue weighted by Crippen LogP contribution is -2.65. The van der Waals surface area contributed by atoms with Crippen molar-refractivity contribution < 1.29 is 9.53 Å². The lowest BCUT2D eigenvalue weighted by atomic mass is 9.60. The highest BCUT2D eigenvalue weighted by molar-refractivity contribution is 5.81. The Morgan fingerprint density at radius 1 is 1.10 bits per heavy atom. The molecule has 172 valence electrons. The number of carbonyl (C=O) groups excluding carboxylic acids is 1. The van der Waals surface area contributed by atoms with E-state index in [2.05, 4.69) is 43.2 Å². The lowest BCUT2D eigenvalue weighted by molar-refractivity contribution is -0.136. The predicted octanol–water partition coefficient (Wildman–Crippen LogP) is 3.71. The molecule has 2 aliphatic carbocycles. The molecule has 1 spiro atoms. The van der Waals surface area contributed by atoms with E-state index in [4.69, 9.17) is 9.73 Å². The van der Waals surface area contributed by atoms with E-state index in [1.165, 1.54) is 25.7 Å². The minimum absolute atomic E-state index is 0.188. The van der Waals surface area contributed by atoms with Crippen molar-refractivity contribution >= 4 is 11.9 Å². The van der Waals surface area contributed by atoms with Crippen molar-refractivity contribution in [2.24, 2.45) is 16.3 Å². The summed E-state index contributed by atoms with van der Waals surface area (Å²) in [6, 6.07) is 0.849. The van der Waals surface area contributed by atoms with Gasteiger partial charge in [0.25, 0.3) is 0 Å². The van der Waals surface area contributed by atoms with E-state index in [9.17, 15) is 4.79 Å². The molecular formula is C24H44N4O2. The standard InChI is InChI=1S/C24H44N4O2/c1-5-18(6-2)22(29)28-15-11-19(12-16-28)26-23(25-7-3)27-20-17-21(30-8-4)24(20)13-9-10-14-24/h18-21H,5-17H2,1-4H3,(H2,25,26,27). The molecule has 30 heavy (non-hydrogen) atoms. The number of hydrogen-bond donors (Lipinski definition) is 2. The summed E-state index contributed by atoms with van der Waals surface area (Å²) in [7, 11) is 0. The number of hydrogen-bond acceptors (Lipinski definition) is 3. The van der Waals surface area contributed by atoms with Crippen LogP contribution in [0.15, 0.2) is 4.99 Å². The molecule has 1 heterocycles. The second kappa shape index (κ2) is 10.8. The molecule has 2 saturated carbocycles. The molecule has 0 bridgehead atoms. The van der Waals surface area contributed by atoms with Crippen molar-refractivity contribution in [3.8, 4) is 0 Å². The SMILES string of the molecule is CCN=C(NC1CCN(C(=O)C(CC)CC)CC1)NC1CC(OCC)C12CCCC2. The van der Waals surface area contributed by atoms with Gasteiger partial charge < -0.3 is 20.3 Å². The molecule has 2 N–H and O–H groups in total. The van der Waals surface area contributed by atoms with Crippen LogP contribution in [0.25, 0.3) is 0 Å². The first-order valence-corrected chi connectivity index (χ1v) is 12.6. The highest BCUT2D eigenvalue weighted by Gasteiger charge is 2.57. The Balaban J connectivity index is 1.52. The van der Waals surface area contributed by atoms with Crippen molar-refractivity contribution in [1.82, 2.24) is 15.5 Å². The molecule has 0 aromatic carbocycles. The van der Waals surface area contributed by atoms with Gasteiger partial charge in [0, 0.05) is 49.7 Å². The first-order valence-electron chi connectivity index (χ1n) is 12.6. The Morgan fingerprint density at radius 3 is 2.33 bits per heavy atom. The molecule has 1 amide bonds. The number of nitrogens with one attached hydrogen (secondary N) is 2. The fourth-order valence-corrected chi connectivity index (χ4v) is 5.88. The van der Waals surface area contributed by atoms with Crippen LogP contribution >= 0.6 is 0 Å². The quantitative estimate of drug-likeness (QED) is 0.464. The third-order valence-electron chi connectivity index (χ3n) is 7.80. The first kappa shape index (κ1) is 23.4. The smallest absolute Gasteiger partial charge is 0.225 e. The van der Waals surface area contributed by atoms with Crippen LogP contribution in [0, 0.1) is 11.3 Å². The van der Waals surface area contributed by atoms with Gasteiger partial charge in [-0.1, -0.05) is 26.7 Å². The monoisotopic (exact) mass is 420 g/mol. The topological polar surface area (TPSA) is 66.0 Å². The average molecular weight is 421 g/mol. The van der Waals surface area contributed by atoms with Gasteiger partial charge in [-0.05, 0) is 58.8 Å². The van der Waals surface area contributed by atoms with Crippen LogP contribution in [0.4, 0.5) is 0 Å². The number of nitrogens with zero attached hydrogens (tertiary/aromatic N) is 2. The molecule has 0 aromatic rings. The molecule has 0 radical (unpaired) electrons. The molecule has 2 unspecified atom stereocenters. The molecule has 3 rings (SSSR count). The molecule has 0 aromatic heterocycles. The highest BCUT2D eigenvalue weighted by Crippen LogP contribution is 2.54. The fraction of sp³-hybridized carbons (Fsp3) is 0.917. The Morgan fingerprint density at radius 2 is 1.77 bits per heavy atom. The normalized spacial score (nSPS) is 26.8. The van der Waals surface area contributed by atoms with E-state index >= 15 is 0 Å². The number of piperidine rings is 1. The number of aliphatic imine (C=N–C) groups is 1. The zero-order valence-electron chi connectivity index (χ0n) is 19.7. The Kier molecular flexibility index (Phi) is 8.44. The van der Waals surface area contributed by atoms with Gasteiger partial charge in [0.05, 0.1) is 6.10 Å². The number of amides is 1. The molecule has 6 nitrogen and oxygen atoms in total. The van der Waals surface area contributed by atoms with Gasteiger partial charge in [0.15, 0.2) is 5.96 Å². The second-order valence-corrected chi connectivity index (χ2v) is 9.40. The second-order valence-electron chi connectivity index (χ2n) is 9.40. The van der Waals surface area contributed by atoms with Crippen LogP contribution in [-0.2, 0) is 9.53 Å². The van der Waals surface area contributed by atoms with Crippen molar-refractivity contribution in [2.75, 3.05) is 26.2 Å². The molecule has 1 saturated heterocycles. The van der Waals surface area contributed by atoms with Crippen LogP contribution in [-0.4, -0.2) is 61.2 Å². The molecule has 2 atom stereocenters. The number of guanidine groups is 1. The lowest BCUT2D eigenvalue weighted by Gasteiger charge is -2.54. The third kappa shape index (κ3) is 4.95. The maximum Gasteiger partial charge on any atom is 0.225 e. The minimum Gasteiger partial charge on any atom is -0.378 e. The van der Waals surface area contributed by atoms with Crippen molar-refractivity contribution in [1.29, 1.82) is 0 Å². The Hall–Kier alpha value is -1.30. The van der Waals surface area contributed by atoms with Crippen LogP contribution in [0.5, 0.6) is 0 Å². The van der Waals surface area contributed by atoms with E-state index in [1.807, 2.05) is 0 Å². The van der Waals surface area contributed by atoms with Crippen molar-refractivity contribution in [2.45, 2.75) is 104 Å². The van der Waals surface area contributed by atoms with Crippen LogP contribution in [0.1, 0.15) is 85.5 Å². The van der Waals surface area contributed by atoms with E-state index in [-0.39, 0.29) is 5.92 Å². The molecule has 1 aliphatic heterocycles. The average Bonchev–Trinajstić information content (AvgIpc) is 3.28. The molecule has 3 aliphatic rings. The summed E-state index contributed by atoms with van der Waals surface area (Å²) < 4.78 is 6.07. The summed E-state index contributed by atoms with van der Waals surface area (Å²) in [6.07, 6.45) is 10.5. The number of rotatable bonds is 8. The van der Waals surface area contributed by atoms with Gasteiger partial charge >= 0.3 is 0 Å². The van der Waals surface area contributed by atoms with Crippen LogP contribution < -0.4 is 10.6 Å². The highest BCUT2D eigenvalue weighted by atomic mass is 16.5. The zero-order valence-corrected chi connectivity index (χ0v) is 19.7. The predicted molar refractivity (Wildman–Crippen MR) is 123 cm³/mol. The van der Waals surface area contributed by atoms with Gasteiger partial charge in [-0.3, -0.25) is 9.79 Å². The molecule has 3 fully saturated rings.